The minimum Gasteiger partial charge on any atom is -0.394 e. The standard InChI is InChI=1S/C5H9ClO2/c6-4-1-3(4)5(8)2-7/h3-5,7-8H,1-2H2/t3-,4-,5?/m1/s1. The van der Waals surface area contributed by atoms with Gasteiger partial charge in [-0.25, -0.2) is 0 Å². The molecule has 1 unspecified atom stereocenters. The van der Waals surface area contributed by atoms with E-state index < -0.39 is 6.10 Å². The van der Waals surface area contributed by atoms with Crippen LogP contribution in [0.5, 0.6) is 0 Å². The number of aliphatic hydroxyl groups excluding tert-OH is 2. The zero-order valence-electron chi connectivity index (χ0n) is 4.42. The van der Waals surface area contributed by atoms with E-state index in [-0.39, 0.29) is 17.9 Å². The molecule has 1 fully saturated rings. The number of hydrogen-bond acceptors (Lipinski definition) is 2. The van der Waals surface area contributed by atoms with Gasteiger partial charge in [0, 0.05) is 11.3 Å². The number of hydrogen-bond donors (Lipinski definition) is 2. The quantitative estimate of drug-likeness (QED) is 0.524. The van der Waals surface area contributed by atoms with Crippen molar-refractivity contribution in [2.45, 2.75) is 17.9 Å². The summed E-state index contributed by atoms with van der Waals surface area (Å²) in [6.45, 7) is -0.159. The predicted molar refractivity (Wildman–Crippen MR) is 30.8 cm³/mol. The third kappa shape index (κ3) is 1.13. The molecular formula is C5H9ClO2. The molecule has 0 bridgehead atoms. The summed E-state index contributed by atoms with van der Waals surface area (Å²) >= 11 is 5.55. The molecule has 0 aliphatic heterocycles. The average Bonchev–Trinajstić information content (AvgIpc) is 2.45. The third-order valence-electron chi connectivity index (χ3n) is 1.44. The lowest BCUT2D eigenvalue weighted by Crippen LogP contribution is -2.15. The van der Waals surface area contributed by atoms with Gasteiger partial charge in [0.05, 0.1) is 12.7 Å². The summed E-state index contributed by atoms with van der Waals surface area (Å²) in [6.07, 6.45) is 0.265. The van der Waals surface area contributed by atoms with E-state index in [9.17, 15) is 0 Å². The van der Waals surface area contributed by atoms with Gasteiger partial charge in [-0.1, -0.05) is 0 Å². The Kier molecular flexibility index (Phi) is 1.75. The second-order valence-corrected chi connectivity index (χ2v) is 2.73. The van der Waals surface area contributed by atoms with Crippen LogP contribution < -0.4 is 0 Å². The Balaban J connectivity index is 2.18. The first-order valence-corrected chi connectivity index (χ1v) is 3.12. The van der Waals surface area contributed by atoms with Crippen molar-refractivity contribution in [1.82, 2.24) is 0 Å². The van der Waals surface area contributed by atoms with Gasteiger partial charge in [-0.15, -0.1) is 11.6 Å². The number of halogens is 1. The second kappa shape index (κ2) is 2.21. The van der Waals surface area contributed by atoms with Crippen LogP contribution in [0.25, 0.3) is 0 Å². The van der Waals surface area contributed by atoms with Crippen molar-refractivity contribution in [3.63, 3.8) is 0 Å². The highest BCUT2D eigenvalue weighted by atomic mass is 35.5. The summed E-state index contributed by atoms with van der Waals surface area (Å²) in [4.78, 5) is 0. The van der Waals surface area contributed by atoms with Crippen LogP contribution in [0.2, 0.25) is 0 Å². The number of rotatable bonds is 2. The number of aliphatic hydroxyl groups is 2. The van der Waals surface area contributed by atoms with Gasteiger partial charge in [-0.3, -0.25) is 0 Å². The van der Waals surface area contributed by atoms with Crippen LogP contribution in [0.3, 0.4) is 0 Å². The summed E-state index contributed by atoms with van der Waals surface area (Å²) in [5.41, 5.74) is 0. The van der Waals surface area contributed by atoms with Gasteiger partial charge < -0.3 is 10.2 Å². The monoisotopic (exact) mass is 136 g/mol. The first-order chi connectivity index (χ1) is 3.75. The molecule has 0 heterocycles. The van der Waals surface area contributed by atoms with Crippen molar-refractivity contribution < 1.29 is 10.2 Å². The summed E-state index contributed by atoms with van der Waals surface area (Å²) < 4.78 is 0. The second-order valence-electron chi connectivity index (χ2n) is 2.17. The topological polar surface area (TPSA) is 40.5 Å². The maximum Gasteiger partial charge on any atom is 0.0813 e. The third-order valence-corrected chi connectivity index (χ3v) is 1.94. The fourth-order valence-corrected chi connectivity index (χ4v) is 1.09. The molecule has 8 heavy (non-hydrogen) atoms. The molecule has 1 aliphatic carbocycles. The Labute approximate surface area is 53.1 Å². The molecule has 1 saturated carbocycles. The Hall–Kier alpha value is 0.210. The predicted octanol–water partition coefficient (Wildman–Crippen LogP) is -0.0331. The smallest absolute Gasteiger partial charge is 0.0813 e. The molecule has 0 aromatic heterocycles. The zero-order chi connectivity index (χ0) is 6.15. The minimum atomic E-state index is -0.586. The Bertz CT molecular complexity index is 84.5. The van der Waals surface area contributed by atoms with E-state index in [1.54, 1.807) is 0 Å². The highest BCUT2D eigenvalue weighted by molar-refractivity contribution is 6.22. The molecule has 0 amide bonds. The van der Waals surface area contributed by atoms with E-state index in [0.29, 0.717) is 0 Å². The Morgan fingerprint density at radius 1 is 1.75 bits per heavy atom. The highest BCUT2D eigenvalue weighted by Gasteiger charge is 2.40. The fraction of sp³-hybridized carbons (Fsp3) is 1.00. The normalized spacial score (nSPS) is 39.4. The molecule has 0 radical (unpaired) electrons. The van der Waals surface area contributed by atoms with Crippen molar-refractivity contribution in [2.24, 2.45) is 5.92 Å². The lowest BCUT2D eigenvalue weighted by Gasteiger charge is -2.01. The van der Waals surface area contributed by atoms with Gasteiger partial charge in [-0.2, -0.15) is 0 Å². The minimum absolute atomic E-state index is 0.108. The van der Waals surface area contributed by atoms with E-state index >= 15 is 0 Å². The Morgan fingerprint density at radius 2 is 2.25 bits per heavy atom. The van der Waals surface area contributed by atoms with Crippen molar-refractivity contribution >= 4 is 11.6 Å². The van der Waals surface area contributed by atoms with Gasteiger partial charge in [0.15, 0.2) is 0 Å². The molecule has 48 valence electrons. The van der Waals surface area contributed by atoms with Gasteiger partial charge in [0.2, 0.25) is 0 Å². The molecule has 2 nitrogen and oxygen atoms in total. The van der Waals surface area contributed by atoms with E-state index in [2.05, 4.69) is 0 Å². The molecule has 3 atom stereocenters. The lowest BCUT2D eigenvalue weighted by molar-refractivity contribution is 0.0784. The van der Waals surface area contributed by atoms with Crippen LogP contribution >= 0.6 is 11.6 Å². The zero-order valence-corrected chi connectivity index (χ0v) is 5.17. The highest BCUT2D eigenvalue weighted by Crippen LogP contribution is 2.38. The molecule has 1 rings (SSSR count). The molecule has 0 aromatic rings. The SMILES string of the molecule is OCC(O)[C@@H]1C[C@H]1Cl. The molecule has 0 spiro atoms. The van der Waals surface area contributed by atoms with E-state index in [1.165, 1.54) is 0 Å². The van der Waals surface area contributed by atoms with Gasteiger partial charge >= 0.3 is 0 Å². The van der Waals surface area contributed by atoms with Crippen LogP contribution in [-0.4, -0.2) is 28.3 Å². The average molecular weight is 137 g/mol. The maximum absolute atomic E-state index is 8.83. The van der Waals surface area contributed by atoms with Crippen LogP contribution in [-0.2, 0) is 0 Å². The maximum atomic E-state index is 8.83. The van der Waals surface area contributed by atoms with Gasteiger partial charge in [0.25, 0.3) is 0 Å². The van der Waals surface area contributed by atoms with Crippen molar-refractivity contribution in [3.8, 4) is 0 Å². The van der Waals surface area contributed by atoms with Crippen LogP contribution in [0, 0.1) is 5.92 Å². The molecule has 0 aromatic carbocycles. The lowest BCUT2D eigenvalue weighted by atomic mass is 10.2. The van der Waals surface area contributed by atoms with Crippen molar-refractivity contribution in [2.75, 3.05) is 6.61 Å². The van der Waals surface area contributed by atoms with Crippen LogP contribution in [0.4, 0.5) is 0 Å². The molecular weight excluding hydrogens is 128 g/mol. The molecule has 1 aliphatic rings. The largest absolute Gasteiger partial charge is 0.394 e. The molecule has 2 N–H and O–H groups in total. The summed E-state index contributed by atoms with van der Waals surface area (Å²) in [6, 6.07) is 0. The van der Waals surface area contributed by atoms with Gasteiger partial charge in [0.1, 0.15) is 0 Å². The van der Waals surface area contributed by atoms with Crippen LogP contribution in [0.15, 0.2) is 0 Å². The first kappa shape index (κ1) is 6.33. The molecule has 0 saturated heterocycles. The van der Waals surface area contributed by atoms with E-state index in [1.807, 2.05) is 0 Å². The summed E-state index contributed by atoms with van der Waals surface area (Å²) in [7, 11) is 0. The number of alkyl halides is 1. The van der Waals surface area contributed by atoms with E-state index in [4.69, 9.17) is 21.8 Å². The fourth-order valence-electron chi connectivity index (χ4n) is 0.715. The first-order valence-electron chi connectivity index (χ1n) is 2.68. The van der Waals surface area contributed by atoms with E-state index in [0.717, 1.165) is 6.42 Å². The summed E-state index contributed by atoms with van der Waals surface area (Å²) in [5, 5.41) is 17.3. The van der Waals surface area contributed by atoms with Crippen molar-refractivity contribution in [1.29, 1.82) is 0 Å². The molecule has 3 heteroatoms. The van der Waals surface area contributed by atoms with Crippen LogP contribution in [0.1, 0.15) is 6.42 Å². The summed E-state index contributed by atoms with van der Waals surface area (Å²) in [5.74, 6) is 0.154. The van der Waals surface area contributed by atoms with Gasteiger partial charge in [-0.05, 0) is 6.42 Å². The Morgan fingerprint density at radius 3 is 2.38 bits per heavy atom. The van der Waals surface area contributed by atoms with Crippen molar-refractivity contribution in [3.05, 3.63) is 0 Å².